The second-order valence-electron chi connectivity index (χ2n) is 5.14. The van der Waals surface area contributed by atoms with Gasteiger partial charge in [0.05, 0.1) is 5.38 Å². The summed E-state index contributed by atoms with van der Waals surface area (Å²) in [5.41, 5.74) is 6.36. The highest BCUT2D eigenvalue weighted by Crippen LogP contribution is 2.32. The second-order valence-corrected chi connectivity index (χ2v) is 5.58. The average molecular weight is 273 g/mol. The highest BCUT2D eigenvalue weighted by molar-refractivity contribution is 6.22. The van der Waals surface area contributed by atoms with Gasteiger partial charge in [0, 0.05) is 0 Å². The summed E-state index contributed by atoms with van der Waals surface area (Å²) in [6.45, 7) is 6.48. The summed E-state index contributed by atoms with van der Waals surface area (Å²) in [4.78, 5) is 0. The molecule has 0 saturated heterocycles. The Morgan fingerprint density at radius 3 is 2.32 bits per heavy atom. The Hall–Kier alpha value is -1.27. The molecule has 2 aromatic carbocycles. The summed E-state index contributed by atoms with van der Waals surface area (Å²) in [7, 11) is 0. The van der Waals surface area contributed by atoms with Gasteiger partial charge in [-0.15, -0.1) is 11.6 Å². The van der Waals surface area contributed by atoms with Crippen LogP contribution >= 0.6 is 11.6 Å². The van der Waals surface area contributed by atoms with Gasteiger partial charge >= 0.3 is 0 Å². The van der Waals surface area contributed by atoms with Crippen LogP contribution in [0.3, 0.4) is 0 Å². The molecule has 1 unspecified atom stereocenters. The predicted octanol–water partition coefficient (Wildman–Crippen LogP) is 5.58. The van der Waals surface area contributed by atoms with Crippen molar-refractivity contribution in [2.75, 3.05) is 0 Å². The molecule has 2 rings (SSSR count). The van der Waals surface area contributed by atoms with Crippen molar-refractivity contribution in [3.63, 3.8) is 0 Å². The molecular formula is C18H21Cl. The number of aryl methyl sites for hydroxylation is 2. The van der Waals surface area contributed by atoms with Crippen molar-refractivity contribution >= 4 is 11.6 Å². The molecule has 0 bridgehead atoms. The highest BCUT2D eigenvalue weighted by Gasteiger charge is 2.13. The maximum atomic E-state index is 6.64. The SMILES string of the molecule is CCCc1ccc(C(Cl)c2cccc(C)c2C)cc1. The molecule has 0 nitrogen and oxygen atoms in total. The maximum Gasteiger partial charge on any atom is 0.0838 e. The largest absolute Gasteiger partial charge is 0.113 e. The molecule has 0 aliphatic heterocycles. The Bertz CT molecular complexity index is 540. The fourth-order valence-corrected chi connectivity index (χ4v) is 2.75. The lowest BCUT2D eigenvalue weighted by atomic mass is 9.96. The van der Waals surface area contributed by atoms with Gasteiger partial charge in [0.15, 0.2) is 0 Å². The lowest BCUT2D eigenvalue weighted by molar-refractivity contribution is 0.920. The first-order valence-corrected chi connectivity index (χ1v) is 7.36. The molecular weight excluding hydrogens is 252 g/mol. The van der Waals surface area contributed by atoms with Crippen LogP contribution in [0, 0.1) is 13.8 Å². The van der Waals surface area contributed by atoms with E-state index >= 15 is 0 Å². The molecule has 0 aliphatic carbocycles. The first-order chi connectivity index (χ1) is 9.13. The van der Waals surface area contributed by atoms with E-state index in [-0.39, 0.29) is 5.38 Å². The van der Waals surface area contributed by atoms with Crippen molar-refractivity contribution in [3.05, 3.63) is 70.3 Å². The zero-order valence-corrected chi connectivity index (χ0v) is 12.7. The summed E-state index contributed by atoms with van der Waals surface area (Å²) >= 11 is 6.64. The molecule has 2 aromatic rings. The van der Waals surface area contributed by atoms with Crippen LogP contribution in [0.25, 0.3) is 0 Å². The van der Waals surface area contributed by atoms with Crippen molar-refractivity contribution in [1.82, 2.24) is 0 Å². The minimum absolute atomic E-state index is 0.0597. The second kappa shape index (κ2) is 6.25. The van der Waals surface area contributed by atoms with Crippen molar-refractivity contribution < 1.29 is 0 Å². The van der Waals surface area contributed by atoms with Gasteiger partial charge in [-0.1, -0.05) is 55.8 Å². The molecule has 0 aromatic heterocycles. The molecule has 0 radical (unpaired) electrons. The minimum Gasteiger partial charge on any atom is -0.113 e. The third-order valence-corrected chi connectivity index (χ3v) is 4.22. The zero-order valence-electron chi connectivity index (χ0n) is 11.9. The predicted molar refractivity (Wildman–Crippen MR) is 84.0 cm³/mol. The fraction of sp³-hybridized carbons (Fsp3) is 0.333. The number of alkyl halides is 1. The van der Waals surface area contributed by atoms with Crippen molar-refractivity contribution in [2.45, 2.75) is 39.0 Å². The number of hydrogen-bond donors (Lipinski definition) is 0. The summed E-state index contributed by atoms with van der Waals surface area (Å²) in [6, 6.07) is 15.0. The summed E-state index contributed by atoms with van der Waals surface area (Å²) in [5, 5.41) is -0.0597. The summed E-state index contributed by atoms with van der Waals surface area (Å²) in [5.74, 6) is 0. The fourth-order valence-electron chi connectivity index (χ4n) is 2.37. The standard InChI is InChI=1S/C18H21Cl/c1-4-6-15-9-11-16(12-10-15)18(19)17-8-5-7-13(2)14(17)3/h5,7-12,18H,4,6H2,1-3H3. The quantitative estimate of drug-likeness (QED) is 0.637. The lowest BCUT2D eigenvalue weighted by Gasteiger charge is -2.15. The van der Waals surface area contributed by atoms with E-state index < -0.39 is 0 Å². The van der Waals surface area contributed by atoms with Crippen LogP contribution in [0.1, 0.15) is 46.5 Å². The van der Waals surface area contributed by atoms with E-state index in [0.717, 1.165) is 6.42 Å². The molecule has 1 atom stereocenters. The van der Waals surface area contributed by atoms with Crippen LogP contribution < -0.4 is 0 Å². The molecule has 0 spiro atoms. The molecule has 0 fully saturated rings. The zero-order chi connectivity index (χ0) is 13.8. The molecule has 0 N–H and O–H groups in total. The van der Waals surface area contributed by atoms with Gasteiger partial charge in [0.25, 0.3) is 0 Å². The van der Waals surface area contributed by atoms with Crippen LogP contribution in [0.5, 0.6) is 0 Å². The van der Waals surface area contributed by atoms with E-state index in [2.05, 4.69) is 63.2 Å². The van der Waals surface area contributed by atoms with Gasteiger partial charge in [-0.2, -0.15) is 0 Å². The van der Waals surface area contributed by atoms with Gasteiger partial charge in [0.2, 0.25) is 0 Å². The van der Waals surface area contributed by atoms with E-state index in [9.17, 15) is 0 Å². The topological polar surface area (TPSA) is 0 Å². The molecule has 0 heterocycles. The van der Waals surface area contributed by atoms with Crippen molar-refractivity contribution in [2.24, 2.45) is 0 Å². The Kier molecular flexibility index (Phi) is 4.66. The number of benzene rings is 2. The van der Waals surface area contributed by atoms with Crippen LogP contribution in [0.2, 0.25) is 0 Å². The Labute approximate surface area is 121 Å². The number of rotatable bonds is 4. The van der Waals surface area contributed by atoms with Gasteiger partial charge in [0.1, 0.15) is 0 Å². The first kappa shape index (κ1) is 14.1. The van der Waals surface area contributed by atoms with Crippen LogP contribution in [-0.2, 0) is 6.42 Å². The van der Waals surface area contributed by atoms with E-state index in [1.807, 2.05) is 0 Å². The van der Waals surface area contributed by atoms with Gasteiger partial charge in [-0.25, -0.2) is 0 Å². The number of halogens is 1. The normalized spacial score (nSPS) is 12.4. The summed E-state index contributed by atoms with van der Waals surface area (Å²) < 4.78 is 0. The van der Waals surface area contributed by atoms with E-state index in [1.54, 1.807) is 0 Å². The van der Waals surface area contributed by atoms with Crippen molar-refractivity contribution in [1.29, 1.82) is 0 Å². The molecule has 19 heavy (non-hydrogen) atoms. The van der Waals surface area contributed by atoms with Crippen molar-refractivity contribution in [3.8, 4) is 0 Å². The number of hydrogen-bond acceptors (Lipinski definition) is 0. The van der Waals surface area contributed by atoms with Crippen LogP contribution in [-0.4, -0.2) is 0 Å². The highest BCUT2D eigenvalue weighted by atomic mass is 35.5. The lowest BCUT2D eigenvalue weighted by Crippen LogP contribution is -1.98. The summed E-state index contributed by atoms with van der Waals surface area (Å²) in [6.07, 6.45) is 2.32. The monoisotopic (exact) mass is 272 g/mol. The molecule has 100 valence electrons. The van der Waals surface area contributed by atoms with Crippen LogP contribution in [0.15, 0.2) is 42.5 Å². The Balaban J connectivity index is 2.28. The third-order valence-electron chi connectivity index (χ3n) is 3.73. The van der Waals surface area contributed by atoms with E-state index in [4.69, 9.17) is 11.6 Å². The molecule has 0 amide bonds. The van der Waals surface area contributed by atoms with E-state index in [1.165, 1.54) is 34.2 Å². The average Bonchev–Trinajstić information content (AvgIpc) is 2.42. The third kappa shape index (κ3) is 3.19. The van der Waals surface area contributed by atoms with Gasteiger partial charge < -0.3 is 0 Å². The van der Waals surface area contributed by atoms with Gasteiger partial charge in [-0.05, 0) is 48.1 Å². The maximum absolute atomic E-state index is 6.64. The first-order valence-electron chi connectivity index (χ1n) is 6.92. The molecule has 0 saturated carbocycles. The van der Waals surface area contributed by atoms with Crippen LogP contribution in [0.4, 0.5) is 0 Å². The van der Waals surface area contributed by atoms with E-state index in [0.29, 0.717) is 0 Å². The molecule has 0 aliphatic rings. The Morgan fingerprint density at radius 2 is 1.68 bits per heavy atom. The van der Waals surface area contributed by atoms with Gasteiger partial charge in [-0.3, -0.25) is 0 Å². The Morgan fingerprint density at radius 1 is 1.00 bits per heavy atom. The minimum atomic E-state index is -0.0597. The molecule has 1 heteroatoms. The smallest absolute Gasteiger partial charge is 0.0838 e.